The lowest BCUT2D eigenvalue weighted by molar-refractivity contribution is -0.384. The number of benzene rings is 3. The fourth-order valence-electron chi connectivity index (χ4n) is 3.24. The van der Waals surface area contributed by atoms with Crippen LogP contribution in [0.4, 0.5) is 5.69 Å². The number of esters is 1. The Bertz CT molecular complexity index is 1380. The molecule has 0 unspecified atom stereocenters. The second-order valence-electron chi connectivity index (χ2n) is 7.66. The monoisotopic (exact) mass is 536 g/mol. The SMILES string of the molecule is COc1cc(C(=O)NCC(=O)N/N=C\c2cccc(OC(=O)c3ccc([N+](=O)[O-])cc3)c2)cc(OC)c1OC. The van der Waals surface area contributed by atoms with E-state index >= 15 is 0 Å². The molecule has 3 rings (SSSR count). The summed E-state index contributed by atoms with van der Waals surface area (Å²) in [6, 6.07) is 14.2. The van der Waals surface area contributed by atoms with Crippen molar-refractivity contribution >= 4 is 29.7 Å². The van der Waals surface area contributed by atoms with Crippen molar-refractivity contribution in [3.63, 3.8) is 0 Å². The van der Waals surface area contributed by atoms with Gasteiger partial charge in [-0.25, -0.2) is 10.2 Å². The number of non-ortho nitro benzene ring substituents is 1. The largest absolute Gasteiger partial charge is 0.493 e. The highest BCUT2D eigenvalue weighted by atomic mass is 16.6. The molecule has 0 saturated carbocycles. The first-order valence-electron chi connectivity index (χ1n) is 11.2. The number of methoxy groups -OCH3 is 3. The van der Waals surface area contributed by atoms with Crippen LogP contribution in [0.15, 0.2) is 65.8 Å². The van der Waals surface area contributed by atoms with Gasteiger partial charge in [0.15, 0.2) is 11.5 Å². The topological polar surface area (TPSA) is 168 Å². The summed E-state index contributed by atoms with van der Waals surface area (Å²) < 4.78 is 21.0. The van der Waals surface area contributed by atoms with Crippen molar-refractivity contribution in [1.82, 2.24) is 10.7 Å². The summed E-state index contributed by atoms with van der Waals surface area (Å²) in [7, 11) is 4.28. The van der Waals surface area contributed by atoms with Gasteiger partial charge in [0.05, 0.1) is 44.6 Å². The van der Waals surface area contributed by atoms with Gasteiger partial charge in [0.25, 0.3) is 17.5 Å². The molecule has 0 heterocycles. The Hall–Kier alpha value is -5.46. The molecule has 2 N–H and O–H groups in total. The second-order valence-corrected chi connectivity index (χ2v) is 7.66. The first kappa shape index (κ1) is 28.1. The van der Waals surface area contributed by atoms with Crippen molar-refractivity contribution in [3.05, 3.63) is 87.5 Å². The number of carbonyl (C=O) groups is 3. The molecule has 0 aliphatic heterocycles. The van der Waals surface area contributed by atoms with Gasteiger partial charge in [-0.2, -0.15) is 5.10 Å². The van der Waals surface area contributed by atoms with E-state index in [1.165, 1.54) is 76.1 Å². The number of carbonyl (C=O) groups excluding carboxylic acids is 3. The fourth-order valence-corrected chi connectivity index (χ4v) is 3.24. The molecule has 39 heavy (non-hydrogen) atoms. The third kappa shape index (κ3) is 7.52. The maximum absolute atomic E-state index is 12.5. The molecule has 0 spiro atoms. The van der Waals surface area contributed by atoms with E-state index in [0.29, 0.717) is 11.3 Å². The average molecular weight is 536 g/mol. The zero-order valence-electron chi connectivity index (χ0n) is 21.1. The second kappa shape index (κ2) is 13.2. The van der Waals surface area contributed by atoms with Crippen LogP contribution in [0.25, 0.3) is 0 Å². The highest BCUT2D eigenvalue weighted by molar-refractivity contribution is 5.97. The molecule has 0 aliphatic rings. The first-order chi connectivity index (χ1) is 18.7. The number of hydrogen-bond acceptors (Lipinski definition) is 10. The number of nitrogens with one attached hydrogen (secondary N) is 2. The number of hydrazone groups is 1. The fraction of sp³-hybridized carbons (Fsp3) is 0.154. The average Bonchev–Trinajstić information content (AvgIpc) is 2.95. The molecule has 2 amide bonds. The van der Waals surface area contributed by atoms with Crippen LogP contribution < -0.4 is 29.7 Å². The van der Waals surface area contributed by atoms with Crippen molar-refractivity contribution in [2.45, 2.75) is 0 Å². The maximum atomic E-state index is 12.5. The Morgan fingerprint density at radius 1 is 0.923 bits per heavy atom. The van der Waals surface area contributed by atoms with E-state index in [1.807, 2.05) is 0 Å². The Morgan fingerprint density at radius 3 is 2.18 bits per heavy atom. The molecule has 0 bridgehead atoms. The predicted molar refractivity (Wildman–Crippen MR) is 139 cm³/mol. The number of rotatable bonds is 11. The van der Waals surface area contributed by atoms with Crippen LogP contribution in [-0.2, 0) is 4.79 Å². The van der Waals surface area contributed by atoms with Crippen LogP contribution in [0.2, 0.25) is 0 Å². The highest BCUT2D eigenvalue weighted by Gasteiger charge is 2.17. The summed E-state index contributed by atoms with van der Waals surface area (Å²) >= 11 is 0. The molecule has 3 aromatic carbocycles. The third-order valence-corrected chi connectivity index (χ3v) is 5.12. The van der Waals surface area contributed by atoms with Crippen molar-refractivity contribution in [2.24, 2.45) is 5.10 Å². The van der Waals surface area contributed by atoms with Gasteiger partial charge in [-0.3, -0.25) is 19.7 Å². The lowest BCUT2D eigenvalue weighted by Crippen LogP contribution is -2.34. The molecule has 0 fully saturated rings. The summed E-state index contributed by atoms with van der Waals surface area (Å²) in [4.78, 5) is 47.1. The number of nitrogens with zero attached hydrogens (tertiary/aromatic N) is 2. The summed E-state index contributed by atoms with van der Waals surface area (Å²) in [6.07, 6.45) is 1.32. The van der Waals surface area contributed by atoms with Crippen molar-refractivity contribution in [3.8, 4) is 23.0 Å². The van der Waals surface area contributed by atoms with Crippen LogP contribution in [0.5, 0.6) is 23.0 Å². The van der Waals surface area contributed by atoms with Crippen LogP contribution in [0.1, 0.15) is 26.3 Å². The van der Waals surface area contributed by atoms with E-state index in [2.05, 4.69) is 15.8 Å². The van der Waals surface area contributed by atoms with E-state index in [4.69, 9.17) is 18.9 Å². The quantitative estimate of drug-likeness (QED) is 0.123. The van der Waals surface area contributed by atoms with Gasteiger partial charge in [0.2, 0.25) is 5.75 Å². The number of amides is 2. The smallest absolute Gasteiger partial charge is 0.343 e. The van der Waals surface area contributed by atoms with Crippen molar-refractivity contribution in [2.75, 3.05) is 27.9 Å². The van der Waals surface area contributed by atoms with Gasteiger partial charge in [0.1, 0.15) is 5.75 Å². The molecule has 13 nitrogen and oxygen atoms in total. The van der Waals surface area contributed by atoms with Crippen LogP contribution >= 0.6 is 0 Å². The van der Waals surface area contributed by atoms with Crippen molar-refractivity contribution in [1.29, 1.82) is 0 Å². The summed E-state index contributed by atoms with van der Waals surface area (Å²) in [5.41, 5.74) is 2.98. The maximum Gasteiger partial charge on any atom is 0.343 e. The lowest BCUT2D eigenvalue weighted by Gasteiger charge is -2.14. The number of hydrogen-bond donors (Lipinski definition) is 2. The van der Waals surface area contributed by atoms with E-state index < -0.39 is 22.7 Å². The van der Waals surface area contributed by atoms with E-state index in [-0.39, 0.29) is 40.6 Å². The van der Waals surface area contributed by atoms with Crippen molar-refractivity contribution < 1.29 is 38.3 Å². The van der Waals surface area contributed by atoms with Gasteiger partial charge < -0.3 is 24.3 Å². The highest BCUT2D eigenvalue weighted by Crippen LogP contribution is 2.38. The van der Waals surface area contributed by atoms with E-state index in [1.54, 1.807) is 12.1 Å². The normalized spacial score (nSPS) is 10.4. The van der Waals surface area contributed by atoms with E-state index in [0.717, 1.165) is 0 Å². The molecule has 0 aliphatic carbocycles. The minimum Gasteiger partial charge on any atom is -0.493 e. The van der Waals surface area contributed by atoms with Gasteiger partial charge in [-0.05, 0) is 42.0 Å². The Labute approximate surface area is 222 Å². The molecule has 0 atom stereocenters. The standard InChI is InChI=1S/C26H24N4O9/c1-36-21-12-18(13-22(37-2)24(21)38-3)25(32)27-15-23(31)29-28-14-16-5-4-6-20(11-16)39-26(33)17-7-9-19(10-8-17)30(34)35/h4-14H,15H2,1-3H3,(H,27,32)(H,29,31)/b28-14-. The van der Waals surface area contributed by atoms with E-state index in [9.17, 15) is 24.5 Å². The third-order valence-electron chi connectivity index (χ3n) is 5.12. The molecule has 0 aromatic heterocycles. The number of nitro benzene ring substituents is 1. The minimum absolute atomic E-state index is 0.139. The Balaban J connectivity index is 1.54. The Morgan fingerprint density at radius 2 is 1.59 bits per heavy atom. The van der Waals surface area contributed by atoms with Gasteiger partial charge in [-0.1, -0.05) is 12.1 Å². The molecule has 0 saturated heterocycles. The molecular formula is C26H24N4O9. The van der Waals surface area contributed by atoms with Gasteiger partial charge >= 0.3 is 5.97 Å². The van der Waals surface area contributed by atoms with Gasteiger partial charge in [0, 0.05) is 17.7 Å². The van der Waals surface area contributed by atoms with Crippen LogP contribution in [-0.4, -0.2) is 56.8 Å². The zero-order valence-corrected chi connectivity index (χ0v) is 21.1. The van der Waals surface area contributed by atoms with Crippen LogP contribution in [0, 0.1) is 10.1 Å². The van der Waals surface area contributed by atoms with Crippen LogP contribution in [0.3, 0.4) is 0 Å². The first-order valence-corrected chi connectivity index (χ1v) is 11.2. The predicted octanol–water partition coefficient (Wildman–Crippen LogP) is 2.72. The molecule has 202 valence electrons. The number of nitro groups is 1. The summed E-state index contributed by atoms with van der Waals surface area (Å²) in [5, 5.41) is 17.1. The molecule has 13 heteroatoms. The zero-order chi connectivity index (χ0) is 28.4. The lowest BCUT2D eigenvalue weighted by atomic mass is 10.1. The molecular weight excluding hydrogens is 512 g/mol. The minimum atomic E-state index is -0.699. The molecule has 3 aromatic rings. The van der Waals surface area contributed by atoms with Gasteiger partial charge in [-0.15, -0.1) is 0 Å². The Kier molecular flexibility index (Phi) is 9.51. The molecule has 0 radical (unpaired) electrons. The number of ether oxygens (including phenoxy) is 4. The summed E-state index contributed by atoms with van der Waals surface area (Å²) in [6.45, 7) is -0.361. The summed E-state index contributed by atoms with van der Waals surface area (Å²) in [5.74, 6) is -0.729.